The predicted octanol–water partition coefficient (Wildman–Crippen LogP) is 1.46. The van der Waals surface area contributed by atoms with Gasteiger partial charge in [0, 0.05) is 52.5 Å². The van der Waals surface area contributed by atoms with Crippen LogP contribution in [0.2, 0.25) is 0 Å². The Morgan fingerprint density at radius 2 is 1.90 bits per heavy atom. The molecule has 1 fully saturated rings. The van der Waals surface area contributed by atoms with Crippen molar-refractivity contribution in [1.82, 2.24) is 19.8 Å². The maximum atomic E-state index is 12.8. The van der Waals surface area contributed by atoms with Crippen molar-refractivity contribution in [2.45, 2.75) is 39.5 Å². The minimum absolute atomic E-state index is 0.0168. The number of piperidine rings is 1. The van der Waals surface area contributed by atoms with Crippen molar-refractivity contribution in [2.75, 3.05) is 46.5 Å². The summed E-state index contributed by atoms with van der Waals surface area (Å²) in [5.74, 6) is -0.579. The van der Waals surface area contributed by atoms with E-state index in [-0.39, 0.29) is 35.8 Å². The first-order chi connectivity index (χ1) is 14.5. The Kier molecular flexibility index (Phi) is 9.66. The van der Waals surface area contributed by atoms with Gasteiger partial charge in [0.1, 0.15) is 5.69 Å². The van der Waals surface area contributed by atoms with E-state index in [4.69, 9.17) is 9.47 Å². The van der Waals surface area contributed by atoms with Gasteiger partial charge in [-0.05, 0) is 33.1 Å². The molecule has 9 nitrogen and oxygen atoms in total. The summed E-state index contributed by atoms with van der Waals surface area (Å²) in [5.41, 5.74) is 1.000. The van der Waals surface area contributed by atoms with Crippen LogP contribution in [0, 0.1) is 12.8 Å². The molecule has 0 aliphatic carbocycles. The largest absolute Gasteiger partial charge is 0.466 e. The molecule has 0 saturated carbocycles. The van der Waals surface area contributed by atoms with Crippen LogP contribution in [-0.4, -0.2) is 84.1 Å². The van der Waals surface area contributed by atoms with Crippen LogP contribution in [-0.2, 0) is 19.1 Å². The Morgan fingerprint density at radius 3 is 2.50 bits per heavy atom. The Labute approximate surface area is 177 Å². The minimum atomic E-state index is -0.243. The van der Waals surface area contributed by atoms with Gasteiger partial charge in [-0.3, -0.25) is 19.4 Å². The molecule has 0 N–H and O–H groups in total. The quantitative estimate of drug-likeness (QED) is 0.417. The van der Waals surface area contributed by atoms with Gasteiger partial charge in [0.2, 0.25) is 5.91 Å². The van der Waals surface area contributed by atoms with Crippen molar-refractivity contribution in [2.24, 2.45) is 5.92 Å². The van der Waals surface area contributed by atoms with Crippen LogP contribution in [0.15, 0.2) is 12.4 Å². The first-order valence-corrected chi connectivity index (χ1v) is 10.5. The fourth-order valence-corrected chi connectivity index (χ4v) is 3.39. The molecule has 1 aromatic rings. The number of aryl methyl sites for hydroxylation is 1. The van der Waals surface area contributed by atoms with Crippen molar-refractivity contribution in [3.8, 4) is 0 Å². The molecular weight excluding hydrogens is 388 g/mol. The van der Waals surface area contributed by atoms with Gasteiger partial charge in [-0.25, -0.2) is 4.98 Å². The summed E-state index contributed by atoms with van der Waals surface area (Å²) < 4.78 is 10.2. The molecule has 0 aromatic carbocycles. The summed E-state index contributed by atoms with van der Waals surface area (Å²) in [7, 11) is 1.61. The van der Waals surface area contributed by atoms with Crippen LogP contribution in [0.1, 0.15) is 48.8 Å². The van der Waals surface area contributed by atoms with Gasteiger partial charge in [0.15, 0.2) is 0 Å². The topological polar surface area (TPSA) is 102 Å². The normalized spacial score (nSPS) is 14.4. The third-order valence-corrected chi connectivity index (χ3v) is 5.13. The number of carbonyl (C=O) groups excluding carboxylic acids is 3. The van der Waals surface area contributed by atoms with Crippen LogP contribution in [0.4, 0.5) is 0 Å². The maximum Gasteiger partial charge on any atom is 0.309 e. The minimum Gasteiger partial charge on any atom is -0.466 e. The van der Waals surface area contributed by atoms with E-state index in [2.05, 4.69) is 9.97 Å². The monoisotopic (exact) mass is 420 g/mol. The van der Waals surface area contributed by atoms with Crippen molar-refractivity contribution in [3.63, 3.8) is 0 Å². The lowest BCUT2D eigenvalue weighted by molar-refractivity contribution is -0.151. The number of ether oxygens (including phenoxy) is 2. The molecule has 0 spiro atoms. The number of nitrogens with zero attached hydrogens (tertiary/aromatic N) is 4. The number of methoxy groups -OCH3 is 1. The second kappa shape index (κ2) is 12.2. The number of hydrogen-bond acceptors (Lipinski definition) is 7. The van der Waals surface area contributed by atoms with E-state index >= 15 is 0 Å². The highest BCUT2D eigenvalue weighted by Gasteiger charge is 2.28. The molecule has 1 aliphatic rings. The van der Waals surface area contributed by atoms with Gasteiger partial charge < -0.3 is 19.3 Å². The zero-order valence-corrected chi connectivity index (χ0v) is 18.1. The molecule has 1 aromatic heterocycles. The molecule has 1 saturated heterocycles. The van der Waals surface area contributed by atoms with Crippen LogP contribution < -0.4 is 0 Å². The molecule has 1 aliphatic heterocycles. The summed E-state index contributed by atoms with van der Waals surface area (Å²) in [4.78, 5) is 49.0. The fourth-order valence-electron chi connectivity index (χ4n) is 3.39. The number of hydrogen-bond donors (Lipinski definition) is 0. The number of rotatable bonds is 10. The lowest BCUT2D eigenvalue weighted by Crippen LogP contribution is -2.42. The average Bonchev–Trinajstić information content (AvgIpc) is 2.76. The Bertz CT molecular complexity index is 702. The third kappa shape index (κ3) is 7.05. The Balaban J connectivity index is 1.89. The van der Waals surface area contributed by atoms with E-state index < -0.39 is 0 Å². The summed E-state index contributed by atoms with van der Waals surface area (Å²) in [6, 6.07) is 0. The van der Waals surface area contributed by atoms with Crippen molar-refractivity contribution in [1.29, 1.82) is 0 Å². The molecule has 2 rings (SSSR count). The summed E-state index contributed by atoms with van der Waals surface area (Å²) >= 11 is 0. The van der Waals surface area contributed by atoms with Gasteiger partial charge in [-0.2, -0.15) is 0 Å². The predicted molar refractivity (Wildman–Crippen MR) is 110 cm³/mol. The summed E-state index contributed by atoms with van der Waals surface area (Å²) in [5, 5.41) is 0. The summed E-state index contributed by atoms with van der Waals surface area (Å²) in [6.45, 7) is 6.33. The Hall–Kier alpha value is -2.55. The maximum absolute atomic E-state index is 12.8. The molecule has 0 bridgehead atoms. The molecule has 0 unspecified atom stereocenters. The Morgan fingerprint density at radius 1 is 1.17 bits per heavy atom. The molecule has 2 amide bonds. The molecule has 30 heavy (non-hydrogen) atoms. The number of carbonyl (C=O) groups is 3. The standard InChI is InChI=1S/C21H32N4O5/c1-4-30-21(28)17-6-10-24(11-7-17)19(26)8-12-25(9-5-13-29-3)20(27)18-15-22-16(2)14-23-18/h14-15,17H,4-13H2,1-3H3. The van der Waals surface area contributed by atoms with Crippen LogP contribution in [0.3, 0.4) is 0 Å². The van der Waals surface area contributed by atoms with Crippen LogP contribution >= 0.6 is 0 Å². The van der Waals surface area contributed by atoms with E-state index in [1.165, 1.54) is 6.20 Å². The van der Waals surface area contributed by atoms with Gasteiger partial charge in [0.25, 0.3) is 5.91 Å². The highest BCUT2D eigenvalue weighted by Crippen LogP contribution is 2.19. The lowest BCUT2D eigenvalue weighted by atomic mass is 9.97. The van der Waals surface area contributed by atoms with Crippen LogP contribution in [0.25, 0.3) is 0 Å². The molecule has 0 radical (unpaired) electrons. The smallest absolute Gasteiger partial charge is 0.309 e. The van der Waals surface area contributed by atoms with E-state index in [0.29, 0.717) is 58.7 Å². The van der Waals surface area contributed by atoms with Gasteiger partial charge >= 0.3 is 5.97 Å². The fraction of sp³-hybridized carbons (Fsp3) is 0.667. The number of amides is 2. The average molecular weight is 421 g/mol. The third-order valence-electron chi connectivity index (χ3n) is 5.13. The zero-order valence-electron chi connectivity index (χ0n) is 18.1. The first-order valence-electron chi connectivity index (χ1n) is 10.5. The molecule has 9 heteroatoms. The van der Waals surface area contributed by atoms with Gasteiger partial charge in [-0.15, -0.1) is 0 Å². The lowest BCUT2D eigenvalue weighted by Gasteiger charge is -2.31. The van der Waals surface area contributed by atoms with Crippen LogP contribution in [0.5, 0.6) is 0 Å². The molecule has 0 atom stereocenters. The zero-order chi connectivity index (χ0) is 21.9. The van der Waals surface area contributed by atoms with Crippen molar-refractivity contribution < 1.29 is 23.9 Å². The van der Waals surface area contributed by atoms with Gasteiger partial charge in [-0.1, -0.05) is 0 Å². The van der Waals surface area contributed by atoms with Gasteiger partial charge in [0.05, 0.1) is 24.4 Å². The second-order valence-electron chi connectivity index (χ2n) is 7.34. The first kappa shape index (κ1) is 23.7. The highest BCUT2D eigenvalue weighted by molar-refractivity contribution is 5.92. The molecular formula is C21H32N4O5. The highest BCUT2D eigenvalue weighted by atomic mass is 16.5. The summed E-state index contributed by atoms with van der Waals surface area (Å²) in [6.07, 6.45) is 5.13. The molecule has 166 valence electrons. The van der Waals surface area contributed by atoms with E-state index in [0.717, 1.165) is 5.69 Å². The SMILES string of the molecule is CCOC(=O)C1CCN(C(=O)CCN(CCCOC)C(=O)c2cnc(C)cn2)CC1. The van der Waals surface area contributed by atoms with E-state index in [1.54, 1.807) is 37.0 Å². The molecule has 2 heterocycles. The van der Waals surface area contributed by atoms with Crippen molar-refractivity contribution in [3.05, 3.63) is 23.8 Å². The van der Waals surface area contributed by atoms with E-state index in [1.807, 2.05) is 0 Å². The number of esters is 1. The second-order valence-corrected chi connectivity index (χ2v) is 7.34. The number of likely N-dealkylation sites (tertiary alicyclic amines) is 1. The van der Waals surface area contributed by atoms with E-state index in [9.17, 15) is 14.4 Å². The van der Waals surface area contributed by atoms with Crippen molar-refractivity contribution >= 4 is 17.8 Å². The number of aromatic nitrogens is 2.